The lowest BCUT2D eigenvalue weighted by Gasteiger charge is -2.12. The van der Waals surface area contributed by atoms with Crippen LogP contribution in [0.25, 0.3) is 0 Å². The first-order chi connectivity index (χ1) is 10.3. The summed E-state index contributed by atoms with van der Waals surface area (Å²) in [6.07, 6.45) is 2.09. The third-order valence-corrected chi connectivity index (χ3v) is 4.41. The monoisotopic (exact) mass is 345 g/mol. The summed E-state index contributed by atoms with van der Waals surface area (Å²) < 4.78 is 6.91. The predicted octanol–water partition coefficient (Wildman–Crippen LogP) is 4.24. The van der Waals surface area contributed by atoms with Crippen LogP contribution < -0.4 is 10.1 Å². The summed E-state index contributed by atoms with van der Waals surface area (Å²) in [7, 11) is 0. The Bertz CT molecular complexity index is 639. The van der Waals surface area contributed by atoms with E-state index in [0.29, 0.717) is 0 Å². The van der Waals surface area contributed by atoms with E-state index in [9.17, 15) is 0 Å². The van der Waals surface area contributed by atoms with Gasteiger partial charge in [-0.25, -0.2) is 0 Å². The van der Waals surface area contributed by atoms with Gasteiger partial charge in [0, 0.05) is 29.5 Å². The molecule has 1 heterocycles. The van der Waals surface area contributed by atoms with Crippen molar-refractivity contribution in [3.63, 3.8) is 0 Å². The minimum Gasteiger partial charge on any atom is -0.493 e. The number of ether oxygens (including phenoxy) is 1. The van der Waals surface area contributed by atoms with Crippen molar-refractivity contribution in [2.45, 2.75) is 32.9 Å². The molecular weight excluding hydrogens is 326 g/mol. The Morgan fingerprint density at radius 1 is 1.10 bits per heavy atom. The second-order valence-electron chi connectivity index (χ2n) is 5.38. The summed E-state index contributed by atoms with van der Waals surface area (Å²) in [6.45, 7) is 4.73. The molecule has 0 saturated heterocycles. The van der Waals surface area contributed by atoms with Crippen LogP contribution >= 0.6 is 15.9 Å². The van der Waals surface area contributed by atoms with Crippen molar-refractivity contribution in [3.8, 4) is 5.75 Å². The molecule has 3 heteroatoms. The molecule has 0 aromatic heterocycles. The number of aryl methyl sites for hydroxylation is 1. The molecule has 0 atom stereocenters. The molecule has 0 radical (unpaired) electrons. The zero-order valence-corrected chi connectivity index (χ0v) is 13.9. The van der Waals surface area contributed by atoms with Gasteiger partial charge in [-0.05, 0) is 35.2 Å². The summed E-state index contributed by atoms with van der Waals surface area (Å²) in [5, 5.41) is 3.55. The van der Waals surface area contributed by atoms with Crippen molar-refractivity contribution < 1.29 is 4.74 Å². The lowest BCUT2D eigenvalue weighted by Crippen LogP contribution is -2.14. The molecule has 21 heavy (non-hydrogen) atoms. The minimum atomic E-state index is 0.803. The minimum absolute atomic E-state index is 0.803. The van der Waals surface area contributed by atoms with Gasteiger partial charge >= 0.3 is 0 Å². The summed E-state index contributed by atoms with van der Waals surface area (Å²) in [6, 6.07) is 12.9. The number of fused-ring (bicyclic) bond motifs is 1. The highest BCUT2D eigenvalue weighted by atomic mass is 79.9. The molecule has 1 N–H and O–H groups in total. The molecule has 0 aliphatic carbocycles. The SMILES string of the molecule is CCc1ccccc1CNCc1cc(Br)cc2c1OCC2. The van der Waals surface area contributed by atoms with Gasteiger partial charge in [-0.2, -0.15) is 0 Å². The van der Waals surface area contributed by atoms with E-state index in [-0.39, 0.29) is 0 Å². The maximum atomic E-state index is 5.77. The Labute approximate surface area is 134 Å². The molecule has 0 fully saturated rings. The van der Waals surface area contributed by atoms with E-state index in [2.05, 4.69) is 64.6 Å². The Morgan fingerprint density at radius 3 is 2.67 bits per heavy atom. The molecule has 2 nitrogen and oxygen atoms in total. The van der Waals surface area contributed by atoms with Gasteiger partial charge in [0.25, 0.3) is 0 Å². The van der Waals surface area contributed by atoms with Crippen LogP contribution in [0.3, 0.4) is 0 Å². The Hall–Kier alpha value is -1.32. The van der Waals surface area contributed by atoms with Crippen LogP contribution in [0.2, 0.25) is 0 Å². The number of hydrogen-bond acceptors (Lipinski definition) is 2. The van der Waals surface area contributed by atoms with Crippen molar-refractivity contribution in [2.75, 3.05) is 6.61 Å². The van der Waals surface area contributed by atoms with Crippen LogP contribution in [0.1, 0.15) is 29.2 Å². The molecule has 0 bridgehead atoms. The molecular formula is C18H20BrNO. The quantitative estimate of drug-likeness (QED) is 0.875. The summed E-state index contributed by atoms with van der Waals surface area (Å²) >= 11 is 3.59. The van der Waals surface area contributed by atoms with Crippen LogP contribution in [0.4, 0.5) is 0 Å². The molecule has 110 valence electrons. The number of hydrogen-bond donors (Lipinski definition) is 1. The highest BCUT2D eigenvalue weighted by Gasteiger charge is 2.17. The van der Waals surface area contributed by atoms with Gasteiger partial charge in [0.1, 0.15) is 5.75 Å². The zero-order chi connectivity index (χ0) is 14.7. The molecule has 0 amide bonds. The maximum absolute atomic E-state index is 5.77. The van der Waals surface area contributed by atoms with E-state index in [1.807, 2.05) is 0 Å². The van der Waals surface area contributed by atoms with Crippen LogP contribution in [0.15, 0.2) is 40.9 Å². The summed E-state index contributed by atoms with van der Waals surface area (Å²) in [5.74, 6) is 1.08. The number of rotatable bonds is 5. The van der Waals surface area contributed by atoms with Crippen molar-refractivity contribution in [1.29, 1.82) is 0 Å². The van der Waals surface area contributed by atoms with E-state index in [4.69, 9.17) is 4.74 Å². The highest BCUT2D eigenvalue weighted by Crippen LogP contribution is 2.32. The largest absolute Gasteiger partial charge is 0.493 e. The molecule has 2 aromatic rings. The Balaban J connectivity index is 1.69. The van der Waals surface area contributed by atoms with Crippen molar-refractivity contribution >= 4 is 15.9 Å². The van der Waals surface area contributed by atoms with Crippen molar-refractivity contribution in [1.82, 2.24) is 5.32 Å². The first-order valence-corrected chi connectivity index (χ1v) is 8.29. The van der Waals surface area contributed by atoms with E-state index >= 15 is 0 Å². The van der Waals surface area contributed by atoms with Gasteiger partial charge in [-0.1, -0.05) is 47.1 Å². The van der Waals surface area contributed by atoms with E-state index in [0.717, 1.165) is 42.8 Å². The van der Waals surface area contributed by atoms with Gasteiger partial charge in [-0.3, -0.25) is 0 Å². The molecule has 1 aliphatic rings. The second kappa shape index (κ2) is 6.63. The zero-order valence-electron chi connectivity index (χ0n) is 12.3. The van der Waals surface area contributed by atoms with Gasteiger partial charge in [0.2, 0.25) is 0 Å². The lowest BCUT2D eigenvalue weighted by molar-refractivity contribution is 0.352. The normalized spacial score (nSPS) is 13.0. The fourth-order valence-electron chi connectivity index (χ4n) is 2.88. The van der Waals surface area contributed by atoms with Crippen LogP contribution in [0.5, 0.6) is 5.75 Å². The smallest absolute Gasteiger partial charge is 0.127 e. The number of benzene rings is 2. The van der Waals surface area contributed by atoms with Gasteiger partial charge in [-0.15, -0.1) is 0 Å². The first kappa shape index (κ1) is 14.6. The highest BCUT2D eigenvalue weighted by molar-refractivity contribution is 9.10. The topological polar surface area (TPSA) is 21.3 Å². The maximum Gasteiger partial charge on any atom is 0.127 e. The average Bonchev–Trinajstić information content (AvgIpc) is 2.96. The molecule has 0 unspecified atom stereocenters. The average molecular weight is 346 g/mol. The third kappa shape index (κ3) is 3.30. The Kier molecular flexibility index (Phi) is 4.61. The first-order valence-electron chi connectivity index (χ1n) is 7.49. The number of halogens is 1. The van der Waals surface area contributed by atoms with E-state index in [1.54, 1.807) is 0 Å². The van der Waals surface area contributed by atoms with Gasteiger partial charge < -0.3 is 10.1 Å². The molecule has 0 spiro atoms. The lowest BCUT2D eigenvalue weighted by atomic mass is 10.0. The van der Waals surface area contributed by atoms with Crippen LogP contribution in [-0.2, 0) is 25.9 Å². The summed E-state index contributed by atoms with van der Waals surface area (Å²) in [5.41, 5.74) is 5.36. The molecule has 0 saturated carbocycles. The molecule has 3 rings (SSSR count). The fraction of sp³-hybridized carbons (Fsp3) is 0.333. The van der Waals surface area contributed by atoms with Gasteiger partial charge in [0.05, 0.1) is 6.61 Å². The van der Waals surface area contributed by atoms with E-state index < -0.39 is 0 Å². The van der Waals surface area contributed by atoms with Gasteiger partial charge in [0.15, 0.2) is 0 Å². The molecule has 2 aromatic carbocycles. The van der Waals surface area contributed by atoms with Crippen molar-refractivity contribution in [2.24, 2.45) is 0 Å². The van der Waals surface area contributed by atoms with Crippen LogP contribution in [0, 0.1) is 0 Å². The van der Waals surface area contributed by atoms with Crippen LogP contribution in [-0.4, -0.2) is 6.61 Å². The standard InChI is InChI=1S/C18H20BrNO/c1-2-13-5-3-4-6-15(13)11-20-12-16-10-17(19)9-14-7-8-21-18(14)16/h3-6,9-10,20H,2,7-8,11-12H2,1H3. The Morgan fingerprint density at radius 2 is 1.86 bits per heavy atom. The van der Waals surface area contributed by atoms with E-state index in [1.165, 1.54) is 22.3 Å². The number of nitrogens with one attached hydrogen (secondary N) is 1. The molecule has 1 aliphatic heterocycles. The second-order valence-corrected chi connectivity index (χ2v) is 6.29. The fourth-order valence-corrected chi connectivity index (χ4v) is 3.44. The summed E-state index contributed by atoms with van der Waals surface area (Å²) in [4.78, 5) is 0. The third-order valence-electron chi connectivity index (χ3n) is 3.96. The predicted molar refractivity (Wildman–Crippen MR) is 89.7 cm³/mol. The van der Waals surface area contributed by atoms with Crippen molar-refractivity contribution in [3.05, 3.63) is 63.1 Å².